The number of hydrogen-bond acceptors (Lipinski definition) is 4. The van der Waals surface area contributed by atoms with Gasteiger partial charge in [-0.2, -0.15) is 0 Å². The minimum absolute atomic E-state index is 0.180. The van der Waals surface area contributed by atoms with E-state index in [9.17, 15) is 4.79 Å². The Morgan fingerprint density at radius 3 is 2.86 bits per heavy atom. The molecule has 1 aromatic rings. The number of methoxy groups -OCH3 is 1. The summed E-state index contributed by atoms with van der Waals surface area (Å²) < 4.78 is 10.7. The fraction of sp³-hybridized carbons (Fsp3) is 0.706. The van der Waals surface area contributed by atoms with Crippen LogP contribution in [0.3, 0.4) is 0 Å². The summed E-state index contributed by atoms with van der Waals surface area (Å²) in [6.45, 7) is 4.77. The number of piperidine rings is 1. The number of nitrogens with zero attached hydrogens (tertiary/aromatic N) is 2. The van der Waals surface area contributed by atoms with Crippen molar-refractivity contribution in [3.63, 3.8) is 0 Å². The van der Waals surface area contributed by atoms with Gasteiger partial charge in [0, 0.05) is 39.2 Å². The standard InChI is InChI=1S/C17H26N2O3/c1-18-11-14(12-21-2)17(13-18)5-7-19(8-6-17)16(20)10-15-4-3-9-22-15/h3-4,9,14H,5-8,10-13H2,1-2H3. The lowest BCUT2D eigenvalue weighted by molar-refractivity contribution is -0.133. The van der Waals surface area contributed by atoms with Crippen molar-refractivity contribution in [2.75, 3.05) is 46.9 Å². The molecule has 1 spiro atoms. The first kappa shape index (κ1) is 15.6. The maximum atomic E-state index is 12.4. The van der Waals surface area contributed by atoms with Gasteiger partial charge >= 0.3 is 0 Å². The second kappa shape index (κ2) is 6.42. The highest BCUT2D eigenvalue weighted by Crippen LogP contribution is 2.44. The van der Waals surface area contributed by atoms with Crippen LogP contribution in [0, 0.1) is 11.3 Å². The van der Waals surface area contributed by atoms with Crippen LogP contribution in [0.25, 0.3) is 0 Å². The van der Waals surface area contributed by atoms with Crippen LogP contribution in [0.1, 0.15) is 18.6 Å². The molecule has 2 aliphatic heterocycles. The lowest BCUT2D eigenvalue weighted by Crippen LogP contribution is -2.47. The van der Waals surface area contributed by atoms with E-state index in [4.69, 9.17) is 9.15 Å². The first-order valence-electron chi connectivity index (χ1n) is 8.10. The van der Waals surface area contributed by atoms with Crippen LogP contribution in [0.15, 0.2) is 22.8 Å². The van der Waals surface area contributed by atoms with E-state index in [1.165, 1.54) is 0 Å². The van der Waals surface area contributed by atoms with E-state index in [-0.39, 0.29) is 5.91 Å². The fourth-order valence-electron chi connectivity index (χ4n) is 4.17. The lowest BCUT2D eigenvalue weighted by Gasteiger charge is -2.42. The van der Waals surface area contributed by atoms with Crippen molar-refractivity contribution < 1.29 is 13.9 Å². The molecule has 1 atom stereocenters. The minimum atomic E-state index is 0.180. The van der Waals surface area contributed by atoms with Gasteiger partial charge in [-0.25, -0.2) is 0 Å². The molecule has 1 amide bonds. The van der Waals surface area contributed by atoms with Crippen LogP contribution in [0.2, 0.25) is 0 Å². The summed E-state index contributed by atoms with van der Waals surface area (Å²) in [5, 5.41) is 0. The van der Waals surface area contributed by atoms with Gasteiger partial charge in [-0.1, -0.05) is 0 Å². The first-order chi connectivity index (χ1) is 10.6. The molecule has 1 aromatic heterocycles. The van der Waals surface area contributed by atoms with Crippen LogP contribution in [0.4, 0.5) is 0 Å². The van der Waals surface area contributed by atoms with Crippen molar-refractivity contribution in [2.45, 2.75) is 19.3 Å². The SMILES string of the molecule is COCC1CN(C)CC12CCN(C(=O)Cc1ccco1)CC2. The molecule has 0 N–H and O–H groups in total. The van der Waals surface area contributed by atoms with Gasteiger partial charge in [-0.15, -0.1) is 0 Å². The average molecular weight is 306 g/mol. The van der Waals surface area contributed by atoms with Crippen molar-refractivity contribution in [2.24, 2.45) is 11.3 Å². The molecule has 22 heavy (non-hydrogen) atoms. The Balaban J connectivity index is 1.58. The molecule has 1 unspecified atom stereocenters. The van der Waals surface area contributed by atoms with E-state index in [1.54, 1.807) is 13.4 Å². The number of hydrogen-bond donors (Lipinski definition) is 0. The summed E-state index contributed by atoms with van der Waals surface area (Å²) in [4.78, 5) is 16.8. The summed E-state index contributed by atoms with van der Waals surface area (Å²) >= 11 is 0. The largest absolute Gasteiger partial charge is 0.469 e. The van der Waals surface area contributed by atoms with Crippen molar-refractivity contribution in [3.05, 3.63) is 24.2 Å². The molecule has 2 saturated heterocycles. The molecule has 0 aliphatic carbocycles. The Labute approximate surface area is 132 Å². The Morgan fingerprint density at radius 2 is 2.23 bits per heavy atom. The Hall–Kier alpha value is -1.33. The maximum Gasteiger partial charge on any atom is 0.230 e. The zero-order valence-corrected chi connectivity index (χ0v) is 13.6. The van der Waals surface area contributed by atoms with E-state index in [1.807, 2.05) is 17.0 Å². The van der Waals surface area contributed by atoms with Gasteiger partial charge in [0.15, 0.2) is 0 Å². The molecule has 0 saturated carbocycles. The van der Waals surface area contributed by atoms with Crippen LogP contribution in [0.5, 0.6) is 0 Å². The number of carbonyl (C=O) groups excluding carboxylic acids is 1. The van der Waals surface area contributed by atoms with Gasteiger partial charge in [-0.05, 0) is 37.4 Å². The highest BCUT2D eigenvalue weighted by Gasteiger charge is 2.47. The molecule has 0 aromatic carbocycles. The monoisotopic (exact) mass is 306 g/mol. The van der Waals surface area contributed by atoms with Crippen LogP contribution in [-0.4, -0.2) is 62.7 Å². The molecule has 3 heterocycles. The predicted molar refractivity (Wildman–Crippen MR) is 83.5 cm³/mol. The van der Waals surface area contributed by atoms with Gasteiger partial charge in [0.1, 0.15) is 5.76 Å². The highest BCUT2D eigenvalue weighted by atomic mass is 16.5. The van der Waals surface area contributed by atoms with Crippen molar-refractivity contribution in [1.29, 1.82) is 0 Å². The second-order valence-electron chi connectivity index (χ2n) is 6.85. The van der Waals surface area contributed by atoms with E-state index < -0.39 is 0 Å². The predicted octanol–water partition coefficient (Wildman–Crippen LogP) is 1.64. The molecule has 122 valence electrons. The van der Waals surface area contributed by atoms with Crippen LogP contribution >= 0.6 is 0 Å². The molecular formula is C17H26N2O3. The summed E-state index contributed by atoms with van der Waals surface area (Å²) in [7, 11) is 3.97. The van der Waals surface area contributed by atoms with Gasteiger partial charge in [0.2, 0.25) is 5.91 Å². The van der Waals surface area contributed by atoms with Crippen molar-refractivity contribution in [3.8, 4) is 0 Å². The van der Waals surface area contributed by atoms with Gasteiger partial charge in [-0.3, -0.25) is 4.79 Å². The third-order valence-corrected chi connectivity index (χ3v) is 5.37. The van der Waals surface area contributed by atoms with Crippen LogP contribution < -0.4 is 0 Å². The fourth-order valence-corrected chi connectivity index (χ4v) is 4.17. The lowest BCUT2D eigenvalue weighted by atomic mass is 9.71. The first-order valence-corrected chi connectivity index (χ1v) is 8.10. The Bertz CT molecular complexity index is 492. The summed E-state index contributed by atoms with van der Waals surface area (Å²) in [6.07, 6.45) is 4.16. The Kier molecular flexibility index (Phi) is 4.54. The van der Waals surface area contributed by atoms with Crippen LogP contribution in [-0.2, 0) is 16.0 Å². The number of carbonyl (C=O) groups is 1. The van der Waals surface area contributed by atoms with Crippen molar-refractivity contribution >= 4 is 5.91 Å². The molecule has 2 fully saturated rings. The number of furan rings is 1. The number of rotatable bonds is 4. The molecule has 3 rings (SSSR count). The number of amides is 1. The average Bonchev–Trinajstić information content (AvgIpc) is 3.09. The molecule has 0 bridgehead atoms. The van der Waals surface area contributed by atoms with Gasteiger partial charge in [0.05, 0.1) is 19.3 Å². The molecule has 5 heteroatoms. The molecular weight excluding hydrogens is 280 g/mol. The molecule has 0 radical (unpaired) electrons. The maximum absolute atomic E-state index is 12.4. The normalized spacial score (nSPS) is 25.0. The van der Waals surface area contributed by atoms with Crippen molar-refractivity contribution in [1.82, 2.24) is 9.80 Å². The van der Waals surface area contributed by atoms with E-state index in [0.717, 1.165) is 51.4 Å². The number of ether oxygens (including phenoxy) is 1. The summed E-state index contributed by atoms with van der Waals surface area (Å²) in [5.74, 6) is 1.52. The zero-order chi connectivity index (χ0) is 15.6. The summed E-state index contributed by atoms with van der Waals surface area (Å²) in [6, 6.07) is 3.70. The minimum Gasteiger partial charge on any atom is -0.469 e. The quantitative estimate of drug-likeness (QED) is 0.848. The van der Waals surface area contributed by atoms with E-state index in [0.29, 0.717) is 17.8 Å². The molecule has 2 aliphatic rings. The van der Waals surface area contributed by atoms with E-state index >= 15 is 0 Å². The third-order valence-electron chi connectivity index (χ3n) is 5.37. The second-order valence-corrected chi connectivity index (χ2v) is 6.85. The smallest absolute Gasteiger partial charge is 0.230 e. The highest BCUT2D eigenvalue weighted by molar-refractivity contribution is 5.78. The summed E-state index contributed by atoms with van der Waals surface area (Å²) in [5.41, 5.74) is 0.326. The Morgan fingerprint density at radius 1 is 1.45 bits per heavy atom. The van der Waals surface area contributed by atoms with E-state index in [2.05, 4.69) is 11.9 Å². The topological polar surface area (TPSA) is 45.9 Å². The number of likely N-dealkylation sites (tertiary alicyclic amines) is 2. The zero-order valence-electron chi connectivity index (χ0n) is 13.6. The molecule has 5 nitrogen and oxygen atoms in total. The van der Waals surface area contributed by atoms with Gasteiger partial charge < -0.3 is 19.0 Å². The van der Waals surface area contributed by atoms with Gasteiger partial charge in [0.25, 0.3) is 0 Å². The third kappa shape index (κ3) is 3.06.